The van der Waals surface area contributed by atoms with Gasteiger partial charge >= 0.3 is 0 Å². The van der Waals surface area contributed by atoms with Crippen LogP contribution in [-0.4, -0.2) is 17.8 Å². The molecule has 1 aliphatic rings. The number of aliphatic hydroxyl groups excluding tert-OH is 1. The number of aliphatic hydroxyl groups is 1. The van der Waals surface area contributed by atoms with Crippen LogP contribution in [0.5, 0.6) is 5.75 Å². The molecule has 2 unspecified atom stereocenters. The van der Waals surface area contributed by atoms with Gasteiger partial charge in [0.1, 0.15) is 18.5 Å². The van der Waals surface area contributed by atoms with Crippen LogP contribution in [0.3, 0.4) is 0 Å². The molecule has 1 aromatic rings. The zero-order valence-electron chi connectivity index (χ0n) is 7.21. The molecule has 76 valence electrons. The lowest BCUT2D eigenvalue weighted by molar-refractivity contribution is 0.0673. The number of hydrogen-bond acceptors (Lipinski definition) is 3. The molecule has 14 heavy (non-hydrogen) atoms. The summed E-state index contributed by atoms with van der Waals surface area (Å²) in [6, 6.07) is 3.38. The van der Waals surface area contributed by atoms with Crippen molar-refractivity contribution in [2.45, 2.75) is 12.1 Å². The van der Waals surface area contributed by atoms with Crippen LogP contribution in [0, 0.1) is 0 Å². The molecular formula is C9H9Br2NO2. The lowest BCUT2D eigenvalue weighted by Gasteiger charge is -2.28. The SMILES string of the molecule is NC1c2cc(Br)cc(Br)c2OCC1O. The van der Waals surface area contributed by atoms with Crippen LogP contribution >= 0.6 is 31.9 Å². The maximum atomic E-state index is 9.53. The molecule has 3 N–H and O–H groups in total. The maximum absolute atomic E-state index is 9.53. The molecule has 2 atom stereocenters. The zero-order valence-corrected chi connectivity index (χ0v) is 10.4. The molecule has 0 amide bonds. The molecule has 1 heterocycles. The summed E-state index contributed by atoms with van der Waals surface area (Å²) in [5.41, 5.74) is 6.68. The van der Waals surface area contributed by atoms with E-state index in [9.17, 15) is 5.11 Å². The van der Waals surface area contributed by atoms with Crippen LogP contribution in [0.15, 0.2) is 21.1 Å². The maximum Gasteiger partial charge on any atom is 0.138 e. The summed E-state index contributed by atoms with van der Waals surface area (Å²) in [4.78, 5) is 0. The molecule has 1 aliphatic heterocycles. The fourth-order valence-corrected chi connectivity index (χ4v) is 2.83. The first kappa shape index (κ1) is 10.4. The average molecular weight is 323 g/mol. The normalized spacial score (nSPS) is 25.4. The molecule has 0 radical (unpaired) electrons. The van der Waals surface area contributed by atoms with Crippen LogP contribution < -0.4 is 10.5 Å². The van der Waals surface area contributed by atoms with Crippen molar-refractivity contribution in [2.24, 2.45) is 5.73 Å². The Hall–Kier alpha value is -0.100. The number of fused-ring (bicyclic) bond motifs is 1. The van der Waals surface area contributed by atoms with E-state index in [-0.39, 0.29) is 12.6 Å². The van der Waals surface area contributed by atoms with E-state index < -0.39 is 6.10 Å². The second-order valence-electron chi connectivity index (χ2n) is 3.21. The Balaban J connectivity index is 2.54. The quantitative estimate of drug-likeness (QED) is 0.767. The van der Waals surface area contributed by atoms with Crippen LogP contribution in [0.4, 0.5) is 0 Å². The lowest BCUT2D eigenvalue weighted by Crippen LogP contribution is -2.35. The average Bonchev–Trinajstić information content (AvgIpc) is 2.12. The Bertz CT molecular complexity index is 370. The Labute approximate surface area is 98.5 Å². The summed E-state index contributed by atoms with van der Waals surface area (Å²) >= 11 is 6.75. The van der Waals surface area contributed by atoms with Crippen molar-refractivity contribution >= 4 is 31.9 Å². The van der Waals surface area contributed by atoms with Gasteiger partial charge < -0.3 is 15.6 Å². The second-order valence-corrected chi connectivity index (χ2v) is 4.98. The Kier molecular flexibility index (Phi) is 2.83. The van der Waals surface area contributed by atoms with E-state index in [1.807, 2.05) is 12.1 Å². The van der Waals surface area contributed by atoms with Gasteiger partial charge in [-0.3, -0.25) is 0 Å². The smallest absolute Gasteiger partial charge is 0.138 e. The fraction of sp³-hybridized carbons (Fsp3) is 0.333. The minimum atomic E-state index is -0.635. The predicted molar refractivity (Wildman–Crippen MR) is 60.3 cm³/mol. The third kappa shape index (κ3) is 1.69. The molecule has 0 saturated heterocycles. The molecule has 3 nitrogen and oxygen atoms in total. The third-order valence-corrected chi connectivity index (χ3v) is 3.26. The predicted octanol–water partition coefficient (Wildman–Crippen LogP) is 1.96. The third-order valence-electron chi connectivity index (χ3n) is 2.21. The van der Waals surface area contributed by atoms with Crippen molar-refractivity contribution in [1.82, 2.24) is 0 Å². The molecule has 0 saturated carbocycles. The van der Waals surface area contributed by atoms with E-state index in [0.29, 0.717) is 0 Å². The highest BCUT2D eigenvalue weighted by Gasteiger charge is 2.28. The Morgan fingerprint density at radius 3 is 2.86 bits per heavy atom. The minimum absolute atomic E-state index is 0.244. The number of nitrogens with two attached hydrogens (primary N) is 1. The van der Waals surface area contributed by atoms with Crippen LogP contribution in [-0.2, 0) is 0 Å². The second kappa shape index (κ2) is 3.81. The van der Waals surface area contributed by atoms with Crippen molar-refractivity contribution in [3.63, 3.8) is 0 Å². The Morgan fingerprint density at radius 2 is 2.14 bits per heavy atom. The summed E-state index contributed by atoms with van der Waals surface area (Å²) in [6.07, 6.45) is -0.635. The van der Waals surface area contributed by atoms with E-state index in [1.54, 1.807) is 0 Å². The number of benzene rings is 1. The fourth-order valence-electron chi connectivity index (χ4n) is 1.46. The van der Waals surface area contributed by atoms with Crippen LogP contribution in [0.2, 0.25) is 0 Å². The summed E-state index contributed by atoms with van der Waals surface area (Å²) < 4.78 is 7.16. The number of rotatable bonds is 0. The van der Waals surface area contributed by atoms with E-state index >= 15 is 0 Å². The summed E-state index contributed by atoms with van der Waals surface area (Å²) in [5.74, 6) is 0.728. The molecule has 0 aromatic heterocycles. The first-order valence-electron chi connectivity index (χ1n) is 4.15. The van der Waals surface area contributed by atoms with Gasteiger partial charge in [-0.2, -0.15) is 0 Å². The first-order chi connectivity index (χ1) is 6.59. The molecule has 0 fully saturated rings. The highest BCUT2D eigenvalue weighted by Crippen LogP contribution is 2.39. The van der Waals surface area contributed by atoms with E-state index in [2.05, 4.69) is 31.9 Å². The monoisotopic (exact) mass is 321 g/mol. The van der Waals surface area contributed by atoms with Crippen LogP contribution in [0.25, 0.3) is 0 Å². The highest BCUT2D eigenvalue weighted by atomic mass is 79.9. The van der Waals surface area contributed by atoms with E-state index in [1.165, 1.54) is 0 Å². The number of halogens is 2. The van der Waals surface area contributed by atoms with Gasteiger partial charge in [0.25, 0.3) is 0 Å². The van der Waals surface area contributed by atoms with Gasteiger partial charge in [-0.05, 0) is 28.1 Å². The van der Waals surface area contributed by atoms with Crippen molar-refractivity contribution in [1.29, 1.82) is 0 Å². The molecule has 0 bridgehead atoms. The van der Waals surface area contributed by atoms with Gasteiger partial charge in [-0.25, -0.2) is 0 Å². The van der Waals surface area contributed by atoms with Gasteiger partial charge in [-0.1, -0.05) is 15.9 Å². The summed E-state index contributed by atoms with van der Waals surface area (Å²) in [6.45, 7) is 0.244. The van der Waals surface area contributed by atoms with Crippen LogP contribution in [0.1, 0.15) is 11.6 Å². The van der Waals surface area contributed by atoms with Gasteiger partial charge in [-0.15, -0.1) is 0 Å². The molecule has 0 spiro atoms. The van der Waals surface area contributed by atoms with Crippen molar-refractivity contribution < 1.29 is 9.84 Å². The largest absolute Gasteiger partial charge is 0.489 e. The molecule has 1 aromatic carbocycles. The van der Waals surface area contributed by atoms with Crippen molar-refractivity contribution in [3.05, 3.63) is 26.6 Å². The minimum Gasteiger partial charge on any atom is -0.489 e. The summed E-state index contributed by atoms with van der Waals surface area (Å²) in [7, 11) is 0. The molecular weight excluding hydrogens is 314 g/mol. The van der Waals surface area contributed by atoms with Gasteiger partial charge in [0, 0.05) is 10.0 Å². The molecule has 5 heteroatoms. The van der Waals surface area contributed by atoms with Crippen molar-refractivity contribution in [2.75, 3.05) is 6.61 Å². The topological polar surface area (TPSA) is 55.5 Å². The van der Waals surface area contributed by atoms with Gasteiger partial charge in [0.2, 0.25) is 0 Å². The lowest BCUT2D eigenvalue weighted by atomic mass is 9.99. The van der Waals surface area contributed by atoms with Gasteiger partial charge in [0.05, 0.1) is 10.5 Å². The molecule has 2 rings (SSSR count). The first-order valence-corrected chi connectivity index (χ1v) is 5.73. The molecule has 0 aliphatic carbocycles. The van der Waals surface area contributed by atoms with Crippen molar-refractivity contribution in [3.8, 4) is 5.75 Å². The highest BCUT2D eigenvalue weighted by molar-refractivity contribution is 9.11. The standard InChI is InChI=1S/C9H9Br2NO2/c10-4-1-5-8(12)7(13)3-14-9(5)6(11)2-4/h1-2,7-8,13H,3,12H2. The van der Waals surface area contributed by atoms with E-state index in [0.717, 1.165) is 20.3 Å². The number of hydrogen-bond donors (Lipinski definition) is 2. The van der Waals surface area contributed by atoms with Gasteiger partial charge in [0.15, 0.2) is 0 Å². The Morgan fingerprint density at radius 1 is 1.43 bits per heavy atom. The van der Waals surface area contributed by atoms with E-state index in [4.69, 9.17) is 10.5 Å². The summed E-state index contributed by atoms with van der Waals surface area (Å²) in [5, 5.41) is 9.53. The number of ether oxygens (including phenoxy) is 1. The zero-order chi connectivity index (χ0) is 10.3.